The van der Waals surface area contributed by atoms with E-state index in [1.807, 2.05) is 20.8 Å². The average Bonchev–Trinajstić information content (AvgIpc) is 2.22. The Balaban J connectivity index is 0.000000461. The van der Waals surface area contributed by atoms with Crippen LogP contribution in [0.2, 0.25) is 0 Å². The van der Waals surface area contributed by atoms with Gasteiger partial charge in [0, 0.05) is 12.5 Å². The lowest BCUT2D eigenvalue weighted by molar-refractivity contribution is -0.124. The second-order valence-corrected chi connectivity index (χ2v) is 2.69. The highest BCUT2D eigenvalue weighted by molar-refractivity contribution is 5.78. The molecule has 1 amide bonds. The Morgan fingerprint density at radius 3 is 2.64 bits per heavy atom. The van der Waals surface area contributed by atoms with Gasteiger partial charge in [-0.1, -0.05) is 27.2 Å². The van der Waals surface area contributed by atoms with E-state index >= 15 is 0 Å². The molecule has 0 aromatic carbocycles. The zero-order chi connectivity index (χ0) is 8.69. The van der Waals surface area contributed by atoms with E-state index in [9.17, 15) is 4.79 Å². The molecule has 0 spiro atoms. The highest BCUT2D eigenvalue weighted by Crippen LogP contribution is 2.10. The van der Waals surface area contributed by atoms with Crippen molar-refractivity contribution in [3.63, 3.8) is 0 Å². The maximum Gasteiger partial charge on any atom is 0.222 e. The predicted molar refractivity (Wildman–Crippen MR) is 47.4 cm³/mol. The Morgan fingerprint density at radius 1 is 1.36 bits per heavy atom. The Hall–Kier alpha value is -0.530. The molecule has 1 saturated heterocycles. The van der Waals surface area contributed by atoms with E-state index in [0.717, 1.165) is 19.4 Å². The fourth-order valence-corrected chi connectivity index (χ4v) is 1.09. The SMILES string of the molecule is CC.C[C@H]1CCCCNC1=O. The third-order valence-corrected chi connectivity index (χ3v) is 1.81. The summed E-state index contributed by atoms with van der Waals surface area (Å²) in [5, 5.41) is 2.86. The second-order valence-electron chi connectivity index (χ2n) is 2.69. The van der Waals surface area contributed by atoms with Crippen LogP contribution in [0.5, 0.6) is 0 Å². The van der Waals surface area contributed by atoms with Crippen LogP contribution in [-0.2, 0) is 4.79 Å². The largest absolute Gasteiger partial charge is 0.356 e. The first kappa shape index (κ1) is 10.5. The zero-order valence-corrected chi connectivity index (χ0v) is 7.81. The molecule has 1 rings (SSSR count). The summed E-state index contributed by atoms with van der Waals surface area (Å²) in [5.41, 5.74) is 0. The highest BCUT2D eigenvalue weighted by Gasteiger charge is 2.14. The highest BCUT2D eigenvalue weighted by atomic mass is 16.1. The minimum Gasteiger partial charge on any atom is -0.356 e. The van der Waals surface area contributed by atoms with Gasteiger partial charge in [-0.25, -0.2) is 0 Å². The lowest BCUT2D eigenvalue weighted by Gasteiger charge is -2.03. The monoisotopic (exact) mass is 157 g/mol. The molecule has 1 atom stereocenters. The molecule has 0 aromatic rings. The standard InChI is InChI=1S/C7H13NO.C2H6/c1-6-4-2-3-5-8-7(6)9;1-2/h6H,2-5H2,1H3,(H,8,9);1-2H3/t6-;/m0./s1. The third-order valence-electron chi connectivity index (χ3n) is 1.81. The number of carbonyl (C=O) groups excluding carboxylic acids is 1. The van der Waals surface area contributed by atoms with Crippen molar-refractivity contribution in [2.75, 3.05) is 6.54 Å². The van der Waals surface area contributed by atoms with Gasteiger partial charge in [-0.2, -0.15) is 0 Å². The van der Waals surface area contributed by atoms with Crippen LogP contribution in [0.25, 0.3) is 0 Å². The molecule has 0 aromatic heterocycles. The van der Waals surface area contributed by atoms with Crippen LogP contribution in [0.3, 0.4) is 0 Å². The van der Waals surface area contributed by atoms with Crippen molar-refractivity contribution >= 4 is 5.91 Å². The number of amides is 1. The lowest BCUT2D eigenvalue weighted by Crippen LogP contribution is -2.26. The molecule has 1 fully saturated rings. The van der Waals surface area contributed by atoms with Crippen molar-refractivity contribution < 1.29 is 4.79 Å². The van der Waals surface area contributed by atoms with Gasteiger partial charge in [-0.15, -0.1) is 0 Å². The average molecular weight is 157 g/mol. The fourth-order valence-electron chi connectivity index (χ4n) is 1.09. The quantitative estimate of drug-likeness (QED) is 0.572. The summed E-state index contributed by atoms with van der Waals surface area (Å²) in [5.74, 6) is 0.472. The van der Waals surface area contributed by atoms with Crippen LogP contribution in [-0.4, -0.2) is 12.5 Å². The molecule has 1 heterocycles. The summed E-state index contributed by atoms with van der Waals surface area (Å²) in [6.45, 7) is 6.86. The van der Waals surface area contributed by atoms with E-state index in [-0.39, 0.29) is 11.8 Å². The van der Waals surface area contributed by atoms with E-state index in [0.29, 0.717) is 0 Å². The number of hydrogen-bond donors (Lipinski definition) is 1. The molecule has 0 unspecified atom stereocenters. The molecular formula is C9H19NO. The van der Waals surface area contributed by atoms with E-state index in [1.54, 1.807) is 0 Å². The Bertz CT molecular complexity index is 112. The minimum atomic E-state index is 0.229. The topological polar surface area (TPSA) is 29.1 Å². The summed E-state index contributed by atoms with van der Waals surface area (Å²) in [4.78, 5) is 10.9. The molecule has 11 heavy (non-hydrogen) atoms. The van der Waals surface area contributed by atoms with Gasteiger partial charge in [0.2, 0.25) is 5.91 Å². The maximum atomic E-state index is 10.9. The predicted octanol–water partition coefficient (Wildman–Crippen LogP) is 1.95. The van der Waals surface area contributed by atoms with Crippen molar-refractivity contribution in [2.24, 2.45) is 5.92 Å². The van der Waals surface area contributed by atoms with E-state index in [1.165, 1.54) is 6.42 Å². The Labute approximate surface area is 69.4 Å². The van der Waals surface area contributed by atoms with Gasteiger partial charge in [-0.3, -0.25) is 4.79 Å². The van der Waals surface area contributed by atoms with E-state index < -0.39 is 0 Å². The van der Waals surface area contributed by atoms with Gasteiger partial charge in [0.05, 0.1) is 0 Å². The molecule has 0 saturated carbocycles. The maximum absolute atomic E-state index is 10.9. The number of nitrogens with one attached hydrogen (secondary N) is 1. The van der Waals surface area contributed by atoms with Crippen LogP contribution < -0.4 is 5.32 Å². The molecular weight excluding hydrogens is 138 g/mol. The minimum absolute atomic E-state index is 0.229. The lowest BCUT2D eigenvalue weighted by atomic mass is 10.1. The van der Waals surface area contributed by atoms with Gasteiger partial charge < -0.3 is 5.32 Å². The second kappa shape index (κ2) is 6.20. The number of hydrogen-bond acceptors (Lipinski definition) is 1. The molecule has 0 bridgehead atoms. The van der Waals surface area contributed by atoms with E-state index in [2.05, 4.69) is 5.32 Å². The Morgan fingerprint density at radius 2 is 2.00 bits per heavy atom. The smallest absolute Gasteiger partial charge is 0.222 e. The van der Waals surface area contributed by atoms with Crippen LogP contribution in [0, 0.1) is 5.92 Å². The van der Waals surface area contributed by atoms with Crippen molar-refractivity contribution in [3.8, 4) is 0 Å². The van der Waals surface area contributed by atoms with Gasteiger partial charge in [-0.05, 0) is 12.8 Å². The van der Waals surface area contributed by atoms with Gasteiger partial charge in [0.15, 0.2) is 0 Å². The molecule has 1 aliphatic rings. The zero-order valence-electron chi connectivity index (χ0n) is 7.81. The molecule has 0 radical (unpaired) electrons. The number of carbonyl (C=O) groups is 1. The summed E-state index contributed by atoms with van der Waals surface area (Å²) in [6, 6.07) is 0. The first-order valence-corrected chi connectivity index (χ1v) is 4.58. The normalized spacial score (nSPS) is 24.3. The van der Waals surface area contributed by atoms with Crippen LogP contribution in [0.1, 0.15) is 40.0 Å². The molecule has 2 heteroatoms. The molecule has 1 aliphatic heterocycles. The summed E-state index contributed by atoms with van der Waals surface area (Å²) in [6.07, 6.45) is 3.40. The van der Waals surface area contributed by atoms with Crippen molar-refractivity contribution in [1.82, 2.24) is 5.32 Å². The van der Waals surface area contributed by atoms with Gasteiger partial charge in [0.1, 0.15) is 0 Å². The molecule has 66 valence electrons. The van der Waals surface area contributed by atoms with E-state index in [4.69, 9.17) is 0 Å². The third kappa shape index (κ3) is 4.02. The Kier molecular flexibility index (Phi) is 5.90. The number of rotatable bonds is 0. The van der Waals surface area contributed by atoms with Crippen molar-refractivity contribution in [3.05, 3.63) is 0 Å². The molecule has 1 N–H and O–H groups in total. The first-order valence-electron chi connectivity index (χ1n) is 4.58. The fraction of sp³-hybridized carbons (Fsp3) is 0.889. The van der Waals surface area contributed by atoms with Gasteiger partial charge >= 0.3 is 0 Å². The van der Waals surface area contributed by atoms with Crippen LogP contribution >= 0.6 is 0 Å². The molecule has 0 aliphatic carbocycles. The first-order chi connectivity index (χ1) is 5.30. The van der Waals surface area contributed by atoms with Crippen molar-refractivity contribution in [1.29, 1.82) is 0 Å². The van der Waals surface area contributed by atoms with Gasteiger partial charge in [0.25, 0.3) is 0 Å². The summed E-state index contributed by atoms with van der Waals surface area (Å²) in [7, 11) is 0. The van der Waals surface area contributed by atoms with Crippen molar-refractivity contribution in [2.45, 2.75) is 40.0 Å². The van der Waals surface area contributed by atoms with Crippen LogP contribution in [0.15, 0.2) is 0 Å². The summed E-state index contributed by atoms with van der Waals surface area (Å²) < 4.78 is 0. The van der Waals surface area contributed by atoms with Crippen LogP contribution in [0.4, 0.5) is 0 Å². The molecule has 2 nitrogen and oxygen atoms in total. The summed E-state index contributed by atoms with van der Waals surface area (Å²) >= 11 is 0.